The summed E-state index contributed by atoms with van der Waals surface area (Å²) in [5.74, 6) is -0.169. The first-order valence-electron chi connectivity index (χ1n) is 10.5. The van der Waals surface area contributed by atoms with E-state index in [0.717, 1.165) is 33.7 Å². The number of anilines is 5. The van der Waals surface area contributed by atoms with Crippen molar-refractivity contribution in [3.05, 3.63) is 115 Å². The van der Waals surface area contributed by atoms with Crippen molar-refractivity contribution in [2.24, 2.45) is 0 Å². The maximum Gasteiger partial charge on any atom is 0.255 e. The summed E-state index contributed by atoms with van der Waals surface area (Å²) in [5, 5.41) is 10.7. The van der Waals surface area contributed by atoms with Crippen LogP contribution in [0.4, 0.5) is 28.4 Å². The zero-order valence-corrected chi connectivity index (χ0v) is 17.7. The minimum absolute atomic E-state index is 0.169. The van der Waals surface area contributed by atoms with Crippen LogP contribution in [0.5, 0.6) is 0 Å². The van der Waals surface area contributed by atoms with Crippen LogP contribution in [0.2, 0.25) is 0 Å². The van der Waals surface area contributed by atoms with Gasteiger partial charge < -0.3 is 16.0 Å². The number of amides is 1. The fourth-order valence-electron chi connectivity index (χ4n) is 3.55. The van der Waals surface area contributed by atoms with E-state index in [1.54, 1.807) is 30.7 Å². The molecule has 3 N–H and O–H groups in total. The summed E-state index contributed by atoms with van der Waals surface area (Å²) in [6.07, 6.45) is 5.23. The molecule has 6 nitrogen and oxygen atoms in total. The monoisotopic (exact) mass is 431 g/mol. The average molecular weight is 431 g/mol. The van der Waals surface area contributed by atoms with Gasteiger partial charge in [0.2, 0.25) is 0 Å². The Bertz CT molecular complexity index is 1400. The first-order valence-corrected chi connectivity index (χ1v) is 10.5. The Morgan fingerprint density at radius 3 is 2.24 bits per heavy atom. The fraction of sp³-hybridized carbons (Fsp3) is 0. The molecule has 160 valence electrons. The van der Waals surface area contributed by atoms with Crippen molar-refractivity contribution in [2.75, 3.05) is 16.0 Å². The number of pyridine rings is 2. The summed E-state index contributed by atoms with van der Waals surface area (Å²) >= 11 is 0. The van der Waals surface area contributed by atoms with Gasteiger partial charge in [0.05, 0.1) is 5.52 Å². The van der Waals surface area contributed by atoms with E-state index in [-0.39, 0.29) is 5.91 Å². The second kappa shape index (κ2) is 9.20. The Hall–Kier alpha value is -4.71. The van der Waals surface area contributed by atoms with E-state index < -0.39 is 0 Å². The van der Waals surface area contributed by atoms with Gasteiger partial charge in [0.25, 0.3) is 5.91 Å². The van der Waals surface area contributed by atoms with Crippen LogP contribution in [0, 0.1) is 0 Å². The van der Waals surface area contributed by atoms with Gasteiger partial charge in [-0.15, -0.1) is 0 Å². The first kappa shape index (κ1) is 20.2. The fourth-order valence-corrected chi connectivity index (χ4v) is 3.55. The standard InChI is InChI=1S/C27H21N5O/c33-27(32-23-5-3-4-22(18-23)30-21-12-15-28-16-13-21)19-8-10-20(11-9-19)31-26-14-17-29-25-7-2-1-6-24(25)26/h1-18H,(H,28,30)(H,29,31)(H,32,33). The Labute approximate surface area is 191 Å². The molecule has 5 rings (SSSR count). The van der Waals surface area contributed by atoms with Gasteiger partial charge in [-0.05, 0) is 66.7 Å². The highest BCUT2D eigenvalue weighted by molar-refractivity contribution is 6.04. The predicted molar refractivity (Wildman–Crippen MR) is 133 cm³/mol. The van der Waals surface area contributed by atoms with Gasteiger partial charge in [-0.3, -0.25) is 14.8 Å². The molecule has 0 aliphatic rings. The summed E-state index contributed by atoms with van der Waals surface area (Å²) in [4.78, 5) is 21.2. The smallest absolute Gasteiger partial charge is 0.255 e. The highest BCUT2D eigenvalue weighted by Crippen LogP contribution is 2.25. The zero-order chi connectivity index (χ0) is 22.5. The number of nitrogens with one attached hydrogen (secondary N) is 3. The molecule has 0 aliphatic carbocycles. The summed E-state index contributed by atoms with van der Waals surface area (Å²) in [7, 11) is 0. The molecule has 5 aromatic rings. The molecule has 2 heterocycles. The molecule has 0 radical (unpaired) electrons. The molecule has 0 unspecified atom stereocenters. The molecule has 0 bridgehead atoms. The number of nitrogens with zero attached hydrogens (tertiary/aromatic N) is 2. The number of aromatic nitrogens is 2. The molecule has 0 saturated heterocycles. The summed E-state index contributed by atoms with van der Waals surface area (Å²) in [6, 6.07) is 28.7. The summed E-state index contributed by atoms with van der Waals surface area (Å²) in [6.45, 7) is 0. The lowest BCUT2D eigenvalue weighted by Crippen LogP contribution is -2.11. The number of rotatable bonds is 6. The van der Waals surface area contributed by atoms with Crippen molar-refractivity contribution < 1.29 is 4.79 Å². The molecule has 1 amide bonds. The first-order chi connectivity index (χ1) is 16.2. The lowest BCUT2D eigenvalue weighted by molar-refractivity contribution is 0.102. The topological polar surface area (TPSA) is 78.9 Å². The van der Waals surface area contributed by atoms with E-state index in [9.17, 15) is 4.79 Å². The highest BCUT2D eigenvalue weighted by Gasteiger charge is 2.08. The number of fused-ring (bicyclic) bond motifs is 1. The van der Waals surface area contributed by atoms with Gasteiger partial charge in [-0.1, -0.05) is 24.3 Å². The molecule has 2 aromatic heterocycles. The number of carbonyl (C=O) groups excluding carboxylic acids is 1. The third-order valence-electron chi connectivity index (χ3n) is 5.16. The van der Waals surface area contributed by atoms with E-state index in [1.165, 1.54) is 0 Å². The number of carbonyl (C=O) groups is 1. The van der Waals surface area contributed by atoms with Gasteiger partial charge in [0.1, 0.15) is 0 Å². The van der Waals surface area contributed by atoms with Gasteiger partial charge in [-0.25, -0.2) is 0 Å². The maximum absolute atomic E-state index is 12.8. The molecule has 33 heavy (non-hydrogen) atoms. The van der Waals surface area contributed by atoms with Crippen molar-refractivity contribution in [3.63, 3.8) is 0 Å². The molecule has 0 aliphatic heterocycles. The molecule has 0 saturated carbocycles. The Morgan fingerprint density at radius 1 is 0.636 bits per heavy atom. The molecule has 3 aromatic carbocycles. The predicted octanol–water partition coefficient (Wildman–Crippen LogP) is 6.37. The second-order valence-corrected chi connectivity index (χ2v) is 7.47. The summed E-state index contributed by atoms with van der Waals surface area (Å²) in [5.41, 5.74) is 5.89. The van der Waals surface area contributed by atoms with Crippen LogP contribution in [0.1, 0.15) is 10.4 Å². The third-order valence-corrected chi connectivity index (χ3v) is 5.16. The number of para-hydroxylation sites is 1. The van der Waals surface area contributed by atoms with Crippen LogP contribution in [0.25, 0.3) is 10.9 Å². The van der Waals surface area contributed by atoms with Gasteiger partial charge in [0, 0.05) is 58.0 Å². The molecular formula is C27H21N5O. The number of benzene rings is 3. The van der Waals surface area contributed by atoms with Crippen LogP contribution >= 0.6 is 0 Å². The molecule has 0 atom stereocenters. The minimum atomic E-state index is -0.169. The maximum atomic E-state index is 12.8. The van der Waals surface area contributed by atoms with Crippen LogP contribution in [0.3, 0.4) is 0 Å². The van der Waals surface area contributed by atoms with Crippen LogP contribution < -0.4 is 16.0 Å². The van der Waals surface area contributed by atoms with E-state index in [2.05, 4.69) is 25.9 Å². The second-order valence-electron chi connectivity index (χ2n) is 7.47. The quantitative estimate of drug-likeness (QED) is 0.291. The summed E-state index contributed by atoms with van der Waals surface area (Å²) < 4.78 is 0. The molecule has 0 fully saturated rings. The van der Waals surface area contributed by atoms with Crippen molar-refractivity contribution in [3.8, 4) is 0 Å². The lowest BCUT2D eigenvalue weighted by atomic mass is 10.1. The molecule has 0 spiro atoms. The number of hydrogen-bond acceptors (Lipinski definition) is 5. The van der Waals surface area contributed by atoms with E-state index in [1.807, 2.05) is 78.9 Å². The van der Waals surface area contributed by atoms with E-state index in [0.29, 0.717) is 11.3 Å². The Kier molecular flexibility index (Phi) is 5.63. The number of hydrogen-bond donors (Lipinski definition) is 3. The van der Waals surface area contributed by atoms with Crippen molar-refractivity contribution in [1.82, 2.24) is 9.97 Å². The average Bonchev–Trinajstić information content (AvgIpc) is 2.86. The normalized spacial score (nSPS) is 10.5. The van der Waals surface area contributed by atoms with Gasteiger partial charge in [0.15, 0.2) is 0 Å². The van der Waals surface area contributed by atoms with E-state index in [4.69, 9.17) is 0 Å². The Balaban J connectivity index is 1.27. The van der Waals surface area contributed by atoms with Crippen molar-refractivity contribution >= 4 is 45.2 Å². The SMILES string of the molecule is O=C(Nc1cccc(Nc2ccncc2)c1)c1ccc(Nc2ccnc3ccccc23)cc1. The van der Waals surface area contributed by atoms with Gasteiger partial charge in [-0.2, -0.15) is 0 Å². The van der Waals surface area contributed by atoms with Gasteiger partial charge >= 0.3 is 0 Å². The van der Waals surface area contributed by atoms with Crippen molar-refractivity contribution in [1.29, 1.82) is 0 Å². The van der Waals surface area contributed by atoms with Crippen LogP contribution in [0.15, 0.2) is 110 Å². The lowest BCUT2D eigenvalue weighted by Gasteiger charge is -2.11. The van der Waals surface area contributed by atoms with Crippen LogP contribution in [-0.2, 0) is 0 Å². The minimum Gasteiger partial charge on any atom is -0.355 e. The Morgan fingerprint density at radius 2 is 1.39 bits per heavy atom. The largest absolute Gasteiger partial charge is 0.355 e. The van der Waals surface area contributed by atoms with E-state index >= 15 is 0 Å². The third kappa shape index (κ3) is 4.80. The van der Waals surface area contributed by atoms with Crippen molar-refractivity contribution in [2.45, 2.75) is 0 Å². The van der Waals surface area contributed by atoms with Crippen LogP contribution in [-0.4, -0.2) is 15.9 Å². The zero-order valence-electron chi connectivity index (χ0n) is 17.7. The molecular weight excluding hydrogens is 410 g/mol. The highest BCUT2D eigenvalue weighted by atomic mass is 16.1. The molecule has 6 heteroatoms.